The zero-order valence-corrected chi connectivity index (χ0v) is 9.30. The summed E-state index contributed by atoms with van der Waals surface area (Å²) < 4.78 is 0. The second-order valence-electron chi connectivity index (χ2n) is 2.89. The van der Waals surface area contributed by atoms with Crippen molar-refractivity contribution in [3.8, 4) is 0 Å². The first-order chi connectivity index (χ1) is 6.34. The summed E-state index contributed by atoms with van der Waals surface area (Å²) in [7, 11) is 0. The van der Waals surface area contributed by atoms with Gasteiger partial charge in [-0.2, -0.15) is 0 Å². The Balaban J connectivity index is 0.000000671. The summed E-state index contributed by atoms with van der Waals surface area (Å²) in [4.78, 5) is 4.12. The standard InChI is InChI=1S/C9H16N2.C2H6/c1-3-10-7-9-5-4-6-11-8(9)2;1-2/h3,7-8,11H,4-6H2,1-2H3;1-2H3/b9-7-,10-3?;. The van der Waals surface area contributed by atoms with Gasteiger partial charge in [0.1, 0.15) is 0 Å². The van der Waals surface area contributed by atoms with Crippen molar-refractivity contribution in [3.05, 3.63) is 11.8 Å². The van der Waals surface area contributed by atoms with Gasteiger partial charge in [0.05, 0.1) is 0 Å². The smallest absolute Gasteiger partial charge is 0.0271 e. The maximum atomic E-state index is 4.12. The Morgan fingerprint density at radius 3 is 2.69 bits per heavy atom. The fourth-order valence-electron chi connectivity index (χ4n) is 1.31. The monoisotopic (exact) mass is 182 g/mol. The third-order valence-corrected chi connectivity index (χ3v) is 2.04. The summed E-state index contributed by atoms with van der Waals surface area (Å²) >= 11 is 0. The number of aliphatic imine (C=N–C) groups is 1. The summed E-state index contributed by atoms with van der Waals surface area (Å²) in [5.41, 5.74) is 1.43. The molecule has 0 aliphatic carbocycles. The Labute approximate surface area is 82.1 Å². The van der Waals surface area contributed by atoms with Gasteiger partial charge in [0, 0.05) is 18.5 Å². The van der Waals surface area contributed by atoms with Gasteiger partial charge >= 0.3 is 0 Å². The largest absolute Gasteiger partial charge is 0.310 e. The summed E-state index contributed by atoms with van der Waals surface area (Å²) in [6, 6.07) is 0.521. The number of piperidine rings is 1. The van der Waals surface area contributed by atoms with Crippen LogP contribution in [0, 0.1) is 0 Å². The lowest BCUT2D eigenvalue weighted by Crippen LogP contribution is -2.33. The van der Waals surface area contributed by atoms with Gasteiger partial charge in [-0.15, -0.1) is 0 Å². The summed E-state index contributed by atoms with van der Waals surface area (Å²) in [5.74, 6) is 0. The number of hydrogen-bond donors (Lipinski definition) is 1. The molecular formula is C11H22N2. The topological polar surface area (TPSA) is 24.4 Å². The average Bonchev–Trinajstić information content (AvgIpc) is 2.20. The highest BCUT2D eigenvalue weighted by molar-refractivity contribution is 5.54. The number of nitrogens with one attached hydrogen (secondary N) is 1. The highest BCUT2D eigenvalue weighted by atomic mass is 14.9. The number of rotatable bonds is 1. The average molecular weight is 182 g/mol. The van der Waals surface area contributed by atoms with Crippen LogP contribution in [0.2, 0.25) is 0 Å². The second kappa shape index (κ2) is 7.99. The van der Waals surface area contributed by atoms with Gasteiger partial charge in [-0.05, 0) is 38.8 Å². The van der Waals surface area contributed by atoms with E-state index in [1.54, 1.807) is 0 Å². The van der Waals surface area contributed by atoms with Crippen LogP contribution < -0.4 is 5.32 Å². The number of hydrogen-bond acceptors (Lipinski definition) is 2. The van der Waals surface area contributed by atoms with Crippen molar-refractivity contribution in [3.63, 3.8) is 0 Å². The lowest BCUT2D eigenvalue weighted by molar-refractivity contribution is 0.515. The molecule has 1 N–H and O–H groups in total. The first-order valence-electron chi connectivity index (χ1n) is 5.24. The molecule has 1 aliphatic heterocycles. The van der Waals surface area contributed by atoms with Crippen molar-refractivity contribution in [2.45, 2.75) is 46.6 Å². The van der Waals surface area contributed by atoms with Gasteiger partial charge in [0.15, 0.2) is 0 Å². The summed E-state index contributed by atoms with van der Waals surface area (Å²) in [6.07, 6.45) is 6.26. The molecular weight excluding hydrogens is 160 g/mol. The highest BCUT2D eigenvalue weighted by Gasteiger charge is 2.11. The van der Waals surface area contributed by atoms with Crippen molar-refractivity contribution in [2.24, 2.45) is 4.99 Å². The zero-order valence-electron chi connectivity index (χ0n) is 9.30. The fourth-order valence-corrected chi connectivity index (χ4v) is 1.31. The van der Waals surface area contributed by atoms with Gasteiger partial charge in [-0.25, -0.2) is 0 Å². The van der Waals surface area contributed by atoms with E-state index in [-0.39, 0.29) is 0 Å². The van der Waals surface area contributed by atoms with E-state index in [0.717, 1.165) is 6.54 Å². The molecule has 2 heteroatoms. The number of nitrogens with zero attached hydrogens (tertiary/aromatic N) is 1. The molecule has 0 amide bonds. The molecule has 13 heavy (non-hydrogen) atoms. The van der Waals surface area contributed by atoms with Crippen LogP contribution >= 0.6 is 0 Å². The van der Waals surface area contributed by atoms with Crippen LogP contribution in [0.15, 0.2) is 16.8 Å². The minimum absolute atomic E-state index is 0.521. The van der Waals surface area contributed by atoms with Crippen LogP contribution in [0.1, 0.15) is 40.5 Å². The van der Waals surface area contributed by atoms with E-state index in [2.05, 4.69) is 17.2 Å². The van der Waals surface area contributed by atoms with Crippen LogP contribution in [-0.4, -0.2) is 18.8 Å². The van der Waals surface area contributed by atoms with Crippen molar-refractivity contribution in [2.75, 3.05) is 6.54 Å². The van der Waals surface area contributed by atoms with Crippen molar-refractivity contribution >= 4 is 6.21 Å². The minimum atomic E-state index is 0.521. The lowest BCUT2D eigenvalue weighted by Gasteiger charge is -2.22. The van der Waals surface area contributed by atoms with Crippen molar-refractivity contribution in [1.29, 1.82) is 0 Å². The molecule has 2 nitrogen and oxygen atoms in total. The molecule has 0 aromatic carbocycles. The van der Waals surface area contributed by atoms with Gasteiger partial charge in [-0.1, -0.05) is 13.8 Å². The Morgan fingerprint density at radius 1 is 1.46 bits per heavy atom. The predicted molar refractivity (Wildman–Crippen MR) is 60.3 cm³/mol. The van der Waals surface area contributed by atoms with E-state index in [4.69, 9.17) is 0 Å². The Bertz CT molecular complexity index is 171. The van der Waals surface area contributed by atoms with Crippen LogP contribution in [-0.2, 0) is 0 Å². The Morgan fingerprint density at radius 2 is 2.15 bits per heavy atom. The third-order valence-electron chi connectivity index (χ3n) is 2.04. The molecule has 1 saturated heterocycles. The maximum absolute atomic E-state index is 4.12. The van der Waals surface area contributed by atoms with Crippen LogP contribution in [0.5, 0.6) is 0 Å². The minimum Gasteiger partial charge on any atom is -0.310 e. The van der Waals surface area contributed by atoms with E-state index >= 15 is 0 Å². The van der Waals surface area contributed by atoms with Crippen LogP contribution in [0.25, 0.3) is 0 Å². The van der Waals surface area contributed by atoms with E-state index in [1.807, 2.05) is 33.2 Å². The fraction of sp³-hybridized carbons (Fsp3) is 0.727. The molecule has 1 fully saturated rings. The summed E-state index contributed by atoms with van der Waals surface area (Å²) in [6.45, 7) is 9.28. The SMILES string of the molecule is CC.CC=N/C=C1/CCCNC1C. The van der Waals surface area contributed by atoms with Crippen LogP contribution in [0.4, 0.5) is 0 Å². The maximum Gasteiger partial charge on any atom is 0.0271 e. The lowest BCUT2D eigenvalue weighted by atomic mass is 10.0. The van der Waals surface area contributed by atoms with Gasteiger partial charge in [-0.3, -0.25) is 4.99 Å². The van der Waals surface area contributed by atoms with Crippen LogP contribution in [0.3, 0.4) is 0 Å². The molecule has 1 aliphatic rings. The molecule has 76 valence electrons. The van der Waals surface area contributed by atoms with Crippen molar-refractivity contribution < 1.29 is 0 Å². The van der Waals surface area contributed by atoms with Gasteiger partial charge in [0.25, 0.3) is 0 Å². The van der Waals surface area contributed by atoms with E-state index in [9.17, 15) is 0 Å². The molecule has 0 radical (unpaired) electrons. The molecule has 1 heterocycles. The Hall–Kier alpha value is -0.630. The first-order valence-corrected chi connectivity index (χ1v) is 5.24. The third kappa shape index (κ3) is 4.83. The van der Waals surface area contributed by atoms with E-state index in [0.29, 0.717) is 6.04 Å². The molecule has 0 aromatic rings. The molecule has 1 unspecified atom stereocenters. The van der Waals surface area contributed by atoms with Crippen molar-refractivity contribution in [1.82, 2.24) is 5.32 Å². The second-order valence-corrected chi connectivity index (χ2v) is 2.89. The van der Waals surface area contributed by atoms with E-state index < -0.39 is 0 Å². The molecule has 0 aromatic heterocycles. The first kappa shape index (κ1) is 12.4. The Kier molecular flexibility index (Phi) is 7.60. The summed E-state index contributed by atoms with van der Waals surface area (Å²) in [5, 5.41) is 3.40. The zero-order chi connectivity index (χ0) is 10.1. The highest BCUT2D eigenvalue weighted by Crippen LogP contribution is 2.14. The molecule has 1 rings (SSSR count). The normalized spacial score (nSPS) is 25.8. The van der Waals surface area contributed by atoms with E-state index in [1.165, 1.54) is 18.4 Å². The quantitative estimate of drug-likeness (QED) is 0.620. The van der Waals surface area contributed by atoms with Gasteiger partial charge < -0.3 is 5.32 Å². The molecule has 0 bridgehead atoms. The molecule has 0 spiro atoms. The molecule has 1 atom stereocenters. The predicted octanol–water partition coefficient (Wildman–Crippen LogP) is 2.76. The van der Waals surface area contributed by atoms with Gasteiger partial charge in [0.2, 0.25) is 0 Å². The molecule has 0 saturated carbocycles.